The Bertz CT molecular complexity index is 339. The summed E-state index contributed by atoms with van der Waals surface area (Å²) in [5.41, 5.74) is 0.368. The summed E-state index contributed by atoms with van der Waals surface area (Å²) in [7, 11) is 0. The molecule has 1 fully saturated rings. The maximum Gasteiger partial charge on any atom is 0.333 e. The first kappa shape index (κ1) is 13.3. The Hall–Kier alpha value is -1.78. The van der Waals surface area contributed by atoms with Crippen LogP contribution in [0.2, 0.25) is 0 Å². The maximum absolute atomic E-state index is 11.5. The van der Waals surface area contributed by atoms with Crippen LogP contribution in [0, 0.1) is 0 Å². The van der Waals surface area contributed by atoms with Crippen LogP contribution in [-0.4, -0.2) is 41.6 Å². The molecule has 17 heavy (non-hydrogen) atoms. The van der Waals surface area contributed by atoms with Gasteiger partial charge < -0.3 is 4.74 Å². The van der Waals surface area contributed by atoms with Crippen molar-refractivity contribution in [2.24, 2.45) is 0 Å². The van der Waals surface area contributed by atoms with E-state index in [1.54, 1.807) is 23.1 Å². The minimum Gasteiger partial charge on any atom is -0.460 e. The summed E-state index contributed by atoms with van der Waals surface area (Å²) in [6, 6.07) is 0. The summed E-state index contributed by atoms with van der Waals surface area (Å²) >= 11 is 0. The van der Waals surface area contributed by atoms with Gasteiger partial charge >= 0.3 is 5.97 Å². The molecule has 94 valence electrons. The molecule has 0 bridgehead atoms. The third-order valence-electron chi connectivity index (χ3n) is 2.47. The zero-order chi connectivity index (χ0) is 12.8. The highest BCUT2D eigenvalue weighted by molar-refractivity contribution is 5.86. The van der Waals surface area contributed by atoms with Crippen molar-refractivity contribution < 1.29 is 14.3 Å². The van der Waals surface area contributed by atoms with Gasteiger partial charge in [-0.25, -0.2) is 4.79 Å². The second-order valence-electron chi connectivity index (χ2n) is 3.88. The van der Waals surface area contributed by atoms with E-state index in [9.17, 15) is 9.59 Å². The molecule has 0 aromatic rings. The number of rotatable bonds is 6. The predicted molar refractivity (Wildman–Crippen MR) is 63.6 cm³/mol. The van der Waals surface area contributed by atoms with Crippen LogP contribution in [0.1, 0.15) is 19.8 Å². The molecule has 0 aromatic heterocycles. The van der Waals surface area contributed by atoms with E-state index in [1.165, 1.54) is 0 Å². The highest BCUT2D eigenvalue weighted by Crippen LogP contribution is 2.12. The number of carbonyl (C=O) groups excluding carboxylic acids is 2. The second-order valence-corrected chi connectivity index (χ2v) is 3.88. The number of nitrogens with zero attached hydrogens (tertiary/aromatic N) is 2. The normalized spacial score (nSPS) is 14.6. The number of hydrazine groups is 1. The van der Waals surface area contributed by atoms with Crippen molar-refractivity contribution in [3.05, 3.63) is 24.9 Å². The summed E-state index contributed by atoms with van der Waals surface area (Å²) in [6.07, 6.45) is 2.99. The second kappa shape index (κ2) is 6.08. The van der Waals surface area contributed by atoms with Crippen molar-refractivity contribution in [1.29, 1.82) is 0 Å². The summed E-state index contributed by atoms with van der Waals surface area (Å²) in [6.45, 7) is 10.1. The molecule has 1 amide bonds. The van der Waals surface area contributed by atoms with Crippen molar-refractivity contribution in [2.45, 2.75) is 19.8 Å². The molecule has 0 radical (unpaired) electrons. The molecule has 5 heteroatoms. The van der Waals surface area contributed by atoms with Gasteiger partial charge in [-0.2, -0.15) is 0 Å². The molecule has 1 rings (SSSR count). The maximum atomic E-state index is 11.5. The zero-order valence-electron chi connectivity index (χ0n) is 10.1. The molecule has 0 unspecified atom stereocenters. The van der Waals surface area contributed by atoms with Gasteiger partial charge in [0.05, 0.1) is 6.54 Å². The van der Waals surface area contributed by atoms with Crippen LogP contribution in [0.3, 0.4) is 0 Å². The Kier molecular flexibility index (Phi) is 4.75. The molecule has 0 N–H and O–H groups in total. The summed E-state index contributed by atoms with van der Waals surface area (Å²) in [5, 5.41) is 3.31. The average Bonchev–Trinajstić information content (AvgIpc) is 2.70. The van der Waals surface area contributed by atoms with Crippen LogP contribution in [0.5, 0.6) is 0 Å². The first-order chi connectivity index (χ1) is 8.06. The monoisotopic (exact) mass is 238 g/mol. The average molecular weight is 238 g/mol. The van der Waals surface area contributed by atoms with Gasteiger partial charge in [0.1, 0.15) is 6.61 Å². The fraction of sp³-hybridized carbons (Fsp3) is 0.500. The first-order valence-corrected chi connectivity index (χ1v) is 5.58. The van der Waals surface area contributed by atoms with Crippen molar-refractivity contribution in [3.63, 3.8) is 0 Å². The van der Waals surface area contributed by atoms with E-state index < -0.39 is 5.97 Å². The molecular weight excluding hydrogens is 220 g/mol. The van der Waals surface area contributed by atoms with Gasteiger partial charge in [-0.05, 0) is 13.3 Å². The van der Waals surface area contributed by atoms with Gasteiger partial charge in [0.15, 0.2) is 0 Å². The van der Waals surface area contributed by atoms with Gasteiger partial charge in [-0.3, -0.25) is 14.8 Å². The van der Waals surface area contributed by atoms with Crippen molar-refractivity contribution in [2.75, 3.05) is 19.7 Å². The minimum absolute atomic E-state index is 0.0797. The van der Waals surface area contributed by atoms with E-state index in [1.807, 2.05) is 0 Å². The van der Waals surface area contributed by atoms with Gasteiger partial charge in [-0.1, -0.05) is 13.2 Å². The number of esters is 1. The Morgan fingerprint density at radius 1 is 1.65 bits per heavy atom. The Morgan fingerprint density at radius 3 is 2.82 bits per heavy atom. The van der Waals surface area contributed by atoms with Gasteiger partial charge in [0.25, 0.3) is 0 Å². The number of hydrogen-bond acceptors (Lipinski definition) is 4. The first-order valence-electron chi connectivity index (χ1n) is 5.58. The zero-order valence-corrected chi connectivity index (χ0v) is 10.1. The lowest BCUT2D eigenvalue weighted by Crippen LogP contribution is -2.41. The van der Waals surface area contributed by atoms with Crippen LogP contribution in [-0.2, 0) is 14.3 Å². The standard InChI is InChI=1S/C12H18N2O3/c1-4-13(14-7-5-6-11(14)15)8-9-17-12(16)10(2)3/h4H,1-2,5-9H2,3H3. The smallest absolute Gasteiger partial charge is 0.333 e. The number of carbonyl (C=O) groups is 2. The number of ether oxygens (including phenoxy) is 1. The fourth-order valence-electron chi connectivity index (χ4n) is 1.57. The molecule has 1 aliphatic rings. The highest BCUT2D eigenvalue weighted by atomic mass is 16.5. The van der Waals surface area contributed by atoms with E-state index in [4.69, 9.17) is 4.74 Å². The van der Waals surface area contributed by atoms with Crippen LogP contribution >= 0.6 is 0 Å². The summed E-state index contributed by atoms with van der Waals surface area (Å²) in [4.78, 5) is 22.6. The van der Waals surface area contributed by atoms with Gasteiger partial charge in [-0.15, -0.1) is 0 Å². The van der Waals surface area contributed by atoms with Crippen molar-refractivity contribution in [1.82, 2.24) is 10.0 Å². The molecule has 0 atom stereocenters. The molecular formula is C12H18N2O3. The molecule has 5 nitrogen and oxygen atoms in total. The largest absolute Gasteiger partial charge is 0.460 e. The third kappa shape index (κ3) is 3.62. The van der Waals surface area contributed by atoms with Crippen LogP contribution in [0.15, 0.2) is 24.9 Å². The summed E-state index contributed by atoms with van der Waals surface area (Å²) < 4.78 is 4.96. The molecule has 1 aliphatic heterocycles. The molecule has 0 saturated carbocycles. The Morgan fingerprint density at radius 2 is 2.35 bits per heavy atom. The predicted octanol–water partition coefficient (Wildman–Crippen LogP) is 1.09. The van der Waals surface area contributed by atoms with Crippen LogP contribution in [0.4, 0.5) is 0 Å². The van der Waals surface area contributed by atoms with E-state index in [2.05, 4.69) is 13.2 Å². The third-order valence-corrected chi connectivity index (χ3v) is 2.47. The Labute approximate surface area is 101 Å². The van der Waals surface area contributed by atoms with Crippen LogP contribution < -0.4 is 0 Å². The molecule has 0 aromatic carbocycles. The van der Waals surface area contributed by atoms with Crippen molar-refractivity contribution >= 4 is 11.9 Å². The number of hydrogen-bond donors (Lipinski definition) is 0. The minimum atomic E-state index is -0.415. The lowest BCUT2D eigenvalue weighted by atomic mass is 10.4. The lowest BCUT2D eigenvalue weighted by molar-refractivity contribution is -0.143. The van der Waals surface area contributed by atoms with Gasteiger partial charge in [0, 0.05) is 24.7 Å². The summed E-state index contributed by atoms with van der Waals surface area (Å²) in [5.74, 6) is -0.335. The molecule has 0 spiro atoms. The molecule has 1 heterocycles. The van der Waals surface area contributed by atoms with Gasteiger partial charge in [0.2, 0.25) is 5.91 Å². The molecule has 1 saturated heterocycles. The topological polar surface area (TPSA) is 49.9 Å². The lowest BCUT2D eigenvalue weighted by Gasteiger charge is -2.29. The van der Waals surface area contributed by atoms with E-state index in [-0.39, 0.29) is 12.5 Å². The van der Waals surface area contributed by atoms with E-state index >= 15 is 0 Å². The molecule has 0 aliphatic carbocycles. The highest BCUT2D eigenvalue weighted by Gasteiger charge is 2.24. The fourth-order valence-corrected chi connectivity index (χ4v) is 1.57. The quantitative estimate of drug-likeness (QED) is 0.513. The Balaban J connectivity index is 2.37. The van der Waals surface area contributed by atoms with Crippen LogP contribution in [0.25, 0.3) is 0 Å². The van der Waals surface area contributed by atoms with E-state index in [0.29, 0.717) is 25.1 Å². The number of amides is 1. The van der Waals surface area contributed by atoms with E-state index in [0.717, 1.165) is 6.42 Å². The SMILES string of the molecule is C=CN(CCOC(=O)C(=C)C)N1CCCC1=O. The van der Waals surface area contributed by atoms with Crippen molar-refractivity contribution in [3.8, 4) is 0 Å².